The largest absolute Gasteiger partial charge is 0.358 e. The van der Waals surface area contributed by atoms with E-state index in [0.717, 1.165) is 72.3 Å². The van der Waals surface area contributed by atoms with E-state index in [4.69, 9.17) is 9.72 Å². The van der Waals surface area contributed by atoms with E-state index in [1.165, 1.54) is 55.4 Å². The number of amides is 1. The first kappa shape index (κ1) is 28.3. The second-order valence-electron chi connectivity index (χ2n) is 11.9. The Morgan fingerprint density at radius 2 is 1.91 bits per heavy atom. The van der Waals surface area contributed by atoms with Gasteiger partial charge in [-0.3, -0.25) is 14.7 Å². The fraction of sp³-hybridized carbons (Fsp3) is 0.371. The number of hydrogen-bond acceptors (Lipinski definition) is 5. The second kappa shape index (κ2) is 12.6. The maximum atomic E-state index is 14.3. The molecule has 4 aromatic rings. The Balaban J connectivity index is 1.17. The van der Waals surface area contributed by atoms with Gasteiger partial charge in [-0.25, -0.2) is 4.39 Å². The molecule has 4 heterocycles. The number of benzene rings is 2. The predicted octanol–water partition coefficient (Wildman–Crippen LogP) is 7.68. The highest BCUT2D eigenvalue weighted by molar-refractivity contribution is 7.99. The van der Waals surface area contributed by atoms with Crippen molar-refractivity contribution >= 4 is 40.7 Å². The van der Waals surface area contributed by atoms with E-state index in [-0.39, 0.29) is 24.0 Å². The maximum Gasteiger partial charge on any atom is 0.252 e. The molecule has 1 atom stereocenters. The van der Waals surface area contributed by atoms with Crippen molar-refractivity contribution in [1.29, 1.82) is 0 Å². The molecule has 1 saturated carbocycles. The molecule has 0 radical (unpaired) electrons. The van der Waals surface area contributed by atoms with Gasteiger partial charge in [0.1, 0.15) is 12.0 Å². The Hall–Kier alpha value is -3.46. The zero-order valence-electron chi connectivity index (χ0n) is 24.3. The molecular formula is C35H37FN4O2S. The number of rotatable bonds is 9. The number of carbonyl (C=O) groups is 1. The van der Waals surface area contributed by atoms with Gasteiger partial charge in [0.25, 0.3) is 5.91 Å². The van der Waals surface area contributed by atoms with Crippen LogP contribution in [0.4, 0.5) is 4.39 Å². The molecule has 2 saturated heterocycles. The summed E-state index contributed by atoms with van der Waals surface area (Å²) in [5, 5.41) is 4.15. The standard InChI is InChI=1S/C35H37FN4O2S/c36-26-8-14-31(35(41)38-28-11-12-28)33(19-26)43-29-13-15-30-25(23-40(32(30)20-29)34-5-1-4-18-42-34)7-10-27-9-6-24(21-37-27)22-39-16-2-3-17-39/h6-10,13-15,19-21,23,28,34H,1-5,11-12,16-18,22H2,(H,38,41)/b10-7+. The number of fused-ring (bicyclic) bond motifs is 1. The molecule has 0 spiro atoms. The molecule has 2 aromatic carbocycles. The molecule has 43 heavy (non-hydrogen) atoms. The first-order chi connectivity index (χ1) is 21.1. The van der Waals surface area contributed by atoms with Gasteiger partial charge in [-0.15, -0.1) is 0 Å². The summed E-state index contributed by atoms with van der Waals surface area (Å²) < 4.78 is 22.7. The lowest BCUT2D eigenvalue weighted by atomic mass is 10.1. The van der Waals surface area contributed by atoms with Crippen LogP contribution in [0.3, 0.4) is 0 Å². The summed E-state index contributed by atoms with van der Waals surface area (Å²) in [4.78, 5) is 21.7. The Morgan fingerprint density at radius 3 is 2.67 bits per heavy atom. The highest BCUT2D eigenvalue weighted by Gasteiger charge is 2.25. The normalized spacial score (nSPS) is 19.4. The number of ether oxygens (including phenoxy) is 1. The number of hydrogen-bond donors (Lipinski definition) is 1. The van der Waals surface area contributed by atoms with E-state index >= 15 is 0 Å². The van der Waals surface area contributed by atoms with Gasteiger partial charge in [-0.2, -0.15) is 0 Å². The third kappa shape index (κ3) is 6.71. The Kier molecular flexibility index (Phi) is 8.33. The van der Waals surface area contributed by atoms with Crippen LogP contribution in [-0.4, -0.2) is 46.1 Å². The van der Waals surface area contributed by atoms with E-state index in [0.29, 0.717) is 10.5 Å². The SMILES string of the molecule is O=C(NC1CC1)c1ccc(F)cc1Sc1ccc2c(/C=C/c3ccc(CN4CCCC4)cn3)cn(C3CCCCO3)c2c1. The molecule has 1 amide bonds. The minimum atomic E-state index is -0.351. The molecule has 222 valence electrons. The van der Waals surface area contributed by atoms with Gasteiger partial charge in [-0.1, -0.05) is 30.0 Å². The number of nitrogens with zero attached hydrogens (tertiary/aromatic N) is 3. The van der Waals surface area contributed by atoms with Crippen LogP contribution >= 0.6 is 11.8 Å². The number of carbonyl (C=O) groups excluding carboxylic acids is 1. The maximum absolute atomic E-state index is 14.3. The average Bonchev–Trinajstić information content (AvgIpc) is 3.55. The Bertz CT molecular complexity index is 1630. The van der Waals surface area contributed by atoms with E-state index < -0.39 is 0 Å². The lowest BCUT2D eigenvalue weighted by Crippen LogP contribution is -2.25. The van der Waals surface area contributed by atoms with Gasteiger partial charge in [0.15, 0.2) is 0 Å². The first-order valence-corrected chi connectivity index (χ1v) is 16.3. The van der Waals surface area contributed by atoms with Crippen LogP contribution in [0.15, 0.2) is 70.7 Å². The summed E-state index contributed by atoms with van der Waals surface area (Å²) >= 11 is 1.42. The molecule has 1 unspecified atom stereocenters. The van der Waals surface area contributed by atoms with Crippen molar-refractivity contribution < 1.29 is 13.9 Å². The highest BCUT2D eigenvalue weighted by atomic mass is 32.2. The van der Waals surface area contributed by atoms with Gasteiger partial charge in [0.05, 0.1) is 16.8 Å². The van der Waals surface area contributed by atoms with E-state index in [9.17, 15) is 9.18 Å². The highest BCUT2D eigenvalue weighted by Crippen LogP contribution is 2.37. The number of aromatic nitrogens is 2. The molecule has 3 aliphatic rings. The molecule has 2 aromatic heterocycles. The number of pyridine rings is 1. The van der Waals surface area contributed by atoms with Gasteiger partial charge in [0.2, 0.25) is 0 Å². The average molecular weight is 597 g/mol. The van der Waals surface area contributed by atoms with E-state index in [2.05, 4.69) is 63.5 Å². The topological polar surface area (TPSA) is 59.4 Å². The summed E-state index contributed by atoms with van der Waals surface area (Å²) in [7, 11) is 0. The van der Waals surface area contributed by atoms with Crippen LogP contribution in [-0.2, 0) is 11.3 Å². The third-order valence-corrected chi connectivity index (χ3v) is 9.56. The minimum absolute atomic E-state index is 0.0318. The third-order valence-electron chi connectivity index (χ3n) is 8.52. The van der Waals surface area contributed by atoms with Gasteiger partial charge in [0, 0.05) is 52.3 Å². The first-order valence-electron chi connectivity index (χ1n) is 15.5. The molecular weight excluding hydrogens is 559 g/mol. The Morgan fingerprint density at radius 1 is 1.02 bits per heavy atom. The minimum Gasteiger partial charge on any atom is -0.358 e. The summed E-state index contributed by atoms with van der Waals surface area (Å²) in [6, 6.07) is 15.2. The quantitative estimate of drug-likeness (QED) is 0.215. The van der Waals surface area contributed by atoms with Crippen LogP contribution in [0.25, 0.3) is 23.1 Å². The fourth-order valence-electron chi connectivity index (χ4n) is 6.02. The van der Waals surface area contributed by atoms with Crippen molar-refractivity contribution in [2.75, 3.05) is 19.7 Å². The van der Waals surface area contributed by atoms with Crippen molar-refractivity contribution in [1.82, 2.24) is 19.8 Å². The van der Waals surface area contributed by atoms with Crippen molar-refractivity contribution in [2.45, 2.75) is 73.6 Å². The van der Waals surface area contributed by atoms with Crippen LogP contribution in [0.5, 0.6) is 0 Å². The summed E-state index contributed by atoms with van der Waals surface area (Å²) in [5.74, 6) is -0.495. The van der Waals surface area contributed by atoms with E-state index in [1.807, 2.05) is 6.20 Å². The molecule has 2 aliphatic heterocycles. The molecule has 7 rings (SSSR count). The zero-order chi connectivity index (χ0) is 29.2. The molecule has 3 fully saturated rings. The number of halogens is 1. The lowest BCUT2D eigenvalue weighted by Gasteiger charge is -2.25. The second-order valence-corrected chi connectivity index (χ2v) is 13.0. The zero-order valence-corrected chi connectivity index (χ0v) is 25.1. The molecule has 1 N–H and O–H groups in total. The summed E-state index contributed by atoms with van der Waals surface area (Å²) in [5.41, 5.74) is 4.84. The van der Waals surface area contributed by atoms with Crippen LogP contribution in [0.2, 0.25) is 0 Å². The summed E-state index contributed by atoms with van der Waals surface area (Å²) in [6.07, 6.45) is 16.1. The van der Waals surface area contributed by atoms with Crippen LogP contribution < -0.4 is 5.32 Å². The van der Waals surface area contributed by atoms with Crippen molar-refractivity contribution in [2.24, 2.45) is 0 Å². The predicted molar refractivity (Wildman–Crippen MR) is 169 cm³/mol. The fourth-order valence-corrected chi connectivity index (χ4v) is 7.03. The van der Waals surface area contributed by atoms with E-state index in [1.54, 1.807) is 6.07 Å². The monoisotopic (exact) mass is 596 g/mol. The van der Waals surface area contributed by atoms with Crippen molar-refractivity contribution in [3.63, 3.8) is 0 Å². The lowest BCUT2D eigenvalue weighted by molar-refractivity contribution is -0.0292. The van der Waals surface area contributed by atoms with Crippen molar-refractivity contribution in [3.8, 4) is 0 Å². The van der Waals surface area contributed by atoms with Crippen molar-refractivity contribution in [3.05, 3.63) is 89.1 Å². The van der Waals surface area contributed by atoms with Gasteiger partial charge in [-0.05, 0) is 106 Å². The summed E-state index contributed by atoms with van der Waals surface area (Å²) in [6.45, 7) is 4.07. The number of nitrogens with one attached hydrogen (secondary N) is 1. The molecule has 6 nitrogen and oxygen atoms in total. The van der Waals surface area contributed by atoms with Crippen LogP contribution in [0, 0.1) is 5.82 Å². The molecule has 1 aliphatic carbocycles. The van der Waals surface area contributed by atoms with Gasteiger partial charge < -0.3 is 14.6 Å². The van der Waals surface area contributed by atoms with Crippen LogP contribution in [0.1, 0.15) is 78.4 Å². The molecule has 8 heteroatoms. The Labute approximate surface area is 256 Å². The molecule has 0 bridgehead atoms. The van der Waals surface area contributed by atoms with Gasteiger partial charge >= 0.3 is 0 Å². The number of likely N-dealkylation sites (tertiary alicyclic amines) is 1. The smallest absolute Gasteiger partial charge is 0.252 e.